The third-order valence-corrected chi connectivity index (χ3v) is 3.56. The standard InChI is InChI=1S/C17H23NO2/c1-2-20-17(19)12-9-15-7-10-16(11-8-15)18-13-5-3-4-6-14-18/h7-12H,2-6,13-14H2,1H3/b12-9+. The predicted molar refractivity (Wildman–Crippen MR) is 82.8 cm³/mol. The minimum absolute atomic E-state index is 0.288. The monoisotopic (exact) mass is 273 g/mol. The highest BCUT2D eigenvalue weighted by Gasteiger charge is 2.09. The second-order valence-corrected chi connectivity index (χ2v) is 5.08. The van der Waals surface area contributed by atoms with Gasteiger partial charge in [-0.1, -0.05) is 25.0 Å². The zero-order valence-electron chi connectivity index (χ0n) is 12.2. The van der Waals surface area contributed by atoms with Gasteiger partial charge in [0.05, 0.1) is 6.61 Å². The molecule has 1 aliphatic heterocycles. The smallest absolute Gasteiger partial charge is 0.330 e. The molecule has 0 radical (unpaired) electrons. The Morgan fingerprint density at radius 1 is 1.15 bits per heavy atom. The van der Waals surface area contributed by atoms with Gasteiger partial charge in [-0.05, 0) is 43.5 Å². The van der Waals surface area contributed by atoms with Crippen LogP contribution in [-0.4, -0.2) is 25.7 Å². The Bertz CT molecular complexity index is 443. The highest BCUT2D eigenvalue weighted by Crippen LogP contribution is 2.20. The van der Waals surface area contributed by atoms with E-state index in [0.29, 0.717) is 6.61 Å². The number of benzene rings is 1. The minimum atomic E-state index is -0.288. The van der Waals surface area contributed by atoms with E-state index in [1.54, 1.807) is 6.08 Å². The number of carbonyl (C=O) groups excluding carboxylic acids is 1. The summed E-state index contributed by atoms with van der Waals surface area (Å²) < 4.78 is 4.86. The fourth-order valence-corrected chi connectivity index (χ4v) is 2.48. The van der Waals surface area contributed by atoms with Crippen molar-refractivity contribution in [1.82, 2.24) is 0 Å². The van der Waals surface area contributed by atoms with E-state index in [4.69, 9.17) is 4.74 Å². The molecule has 0 atom stereocenters. The van der Waals surface area contributed by atoms with Gasteiger partial charge in [-0.25, -0.2) is 4.79 Å². The van der Waals surface area contributed by atoms with Crippen molar-refractivity contribution in [2.45, 2.75) is 32.6 Å². The van der Waals surface area contributed by atoms with E-state index in [2.05, 4.69) is 29.2 Å². The van der Waals surface area contributed by atoms with Gasteiger partial charge in [-0.15, -0.1) is 0 Å². The Hall–Kier alpha value is -1.77. The molecule has 1 aliphatic rings. The van der Waals surface area contributed by atoms with E-state index in [0.717, 1.165) is 18.7 Å². The fourth-order valence-electron chi connectivity index (χ4n) is 2.48. The van der Waals surface area contributed by atoms with E-state index in [9.17, 15) is 4.79 Å². The average Bonchev–Trinajstić information content (AvgIpc) is 2.75. The third-order valence-electron chi connectivity index (χ3n) is 3.56. The van der Waals surface area contributed by atoms with Crippen molar-refractivity contribution in [3.63, 3.8) is 0 Å². The van der Waals surface area contributed by atoms with Crippen LogP contribution in [0.5, 0.6) is 0 Å². The fraction of sp³-hybridized carbons (Fsp3) is 0.471. The van der Waals surface area contributed by atoms with Crippen LogP contribution in [0.4, 0.5) is 5.69 Å². The lowest BCUT2D eigenvalue weighted by atomic mass is 10.1. The van der Waals surface area contributed by atoms with Crippen LogP contribution >= 0.6 is 0 Å². The molecule has 0 N–H and O–H groups in total. The molecule has 3 nitrogen and oxygen atoms in total. The summed E-state index contributed by atoms with van der Waals surface area (Å²) in [7, 11) is 0. The Balaban J connectivity index is 1.96. The Kier molecular flexibility index (Phi) is 5.66. The molecule has 0 aromatic heterocycles. The molecule has 108 valence electrons. The summed E-state index contributed by atoms with van der Waals surface area (Å²) in [5, 5.41) is 0. The van der Waals surface area contributed by atoms with Gasteiger partial charge in [0.2, 0.25) is 0 Å². The first-order valence-corrected chi connectivity index (χ1v) is 7.49. The van der Waals surface area contributed by atoms with Gasteiger partial charge in [0.1, 0.15) is 0 Å². The van der Waals surface area contributed by atoms with Crippen LogP contribution in [0.2, 0.25) is 0 Å². The Labute approximate surface area is 121 Å². The van der Waals surface area contributed by atoms with E-state index >= 15 is 0 Å². The summed E-state index contributed by atoms with van der Waals surface area (Å²) in [5.74, 6) is -0.288. The quantitative estimate of drug-likeness (QED) is 0.619. The second kappa shape index (κ2) is 7.73. The lowest BCUT2D eigenvalue weighted by Gasteiger charge is -2.22. The summed E-state index contributed by atoms with van der Waals surface area (Å²) >= 11 is 0. The van der Waals surface area contributed by atoms with Crippen LogP contribution in [-0.2, 0) is 9.53 Å². The van der Waals surface area contributed by atoms with Crippen LogP contribution in [0, 0.1) is 0 Å². The molecular formula is C17H23NO2. The highest BCUT2D eigenvalue weighted by molar-refractivity contribution is 5.87. The number of esters is 1. The van der Waals surface area contributed by atoms with Crippen LogP contribution in [0.1, 0.15) is 38.2 Å². The first kappa shape index (κ1) is 14.6. The lowest BCUT2D eigenvalue weighted by Crippen LogP contribution is -2.23. The van der Waals surface area contributed by atoms with Crippen LogP contribution < -0.4 is 4.90 Å². The number of rotatable bonds is 4. The number of anilines is 1. The number of nitrogens with zero attached hydrogens (tertiary/aromatic N) is 1. The molecule has 0 saturated carbocycles. The summed E-state index contributed by atoms with van der Waals surface area (Å²) in [6.07, 6.45) is 8.53. The lowest BCUT2D eigenvalue weighted by molar-refractivity contribution is -0.137. The van der Waals surface area contributed by atoms with Gasteiger partial charge in [-0.3, -0.25) is 0 Å². The second-order valence-electron chi connectivity index (χ2n) is 5.08. The molecule has 0 bridgehead atoms. The number of hydrogen-bond donors (Lipinski definition) is 0. The summed E-state index contributed by atoms with van der Waals surface area (Å²) in [5.41, 5.74) is 2.30. The highest BCUT2D eigenvalue weighted by atomic mass is 16.5. The first-order valence-electron chi connectivity index (χ1n) is 7.49. The zero-order valence-corrected chi connectivity index (χ0v) is 12.2. The normalized spacial score (nSPS) is 16.1. The van der Waals surface area contributed by atoms with E-state index in [-0.39, 0.29) is 5.97 Å². The van der Waals surface area contributed by atoms with Crippen molar-refractivity contribution in [2.75, 3.05) is 24.6 Å². The van der Waals surface area contributed by atoms with Crippen molar-refractivity contribution in [3.8, 4) is 0 Å². The maximum atomic E-state index is 11.3. The van der Waals surface area contributed by atoms with Crippen molar-refractivity contribution >= 4 is 17.7 Å². The molecule has 3 heteroatoms. The summed E-state index contributed by atoms with van der Waals surface area (Å²) in [6.45, 7) is 4.52. The van der Waals surface area contributed by atoms with Crippen molar-refractivity contribution in [2.24, 2.45) is 0 Å². The number of ether oxygens (including phenoxy) is 1. The molecule has 0 unspecified atom stereocenters. The van der Waals surface area contributed by atoms with E-state index < -0.39 is 0 Å². The molecule has 1 aromatic carbocycles. The van der Waals surface area contributed by atoms with Crippen LogP contribution in [0.15, 0.2) is 30.3 Å². The summed E-state index contributed by atoms with van der Waals surface area (Å²) in [4.78, 5) is 13.7. The first-order chi connectivity index (χ1) is 9.79. The SMILES string of the molecule is CCOC(=O)/C=C/c1ccc(N2CCCCCC2)cc1. The van der Waals surface area contributed by atoms with Gasteiger partial charge in [0, 0.05) is 24.9 Å². The largest absolute Gasteiger partial charge is 0.463 e. The van der Waals surface area contributed by atoms with Gasteiger partial charge in [-0.2, -0.15) is 0 Å². The average molecular weight is 273 g/mol. The van der Waals surface area contributed by atoms with Gasteiger partial charge < -0.3 is 9.64 Å². The zero-order chi connectivity index (χ0) is 14.2. The Morgan fingerprint density at radius 2 is 1.80 bits per heavy atom. The minimum Gasteiger partial charge on any atom is -0.463 e. The molecule has 1 heterocycles. The molecule has 20 heavy (non-hydrogen) atoms. The number of hydrogen-bond acceptors (Lipinski definition) is 3. The molecule has 2 rings (SSSR count). The van der Waals surface area contributed by atoms with Gasteiger partial charge in [0.15, 0.2) is 0 Å². The van der Waals surface area contributed by atoms with Crippen molar-refractivity contribution in [1.29, 1.82) is 0 Å². The van der Waals surface area contributed by atoms with E-state index in [1.807, 2.05) is 6.92 Å². The van der Waals surface area contributed by atoms with Crippen LogP contribution in [0.3, 0.4) is 0 Å². The van der Waals surface area contributed by atoms with E-state index in [1.165, 1.54) is 37.4 Å². The van der Waals surface area contributed by atoms with Gasteiger partial charge in [0.25, 0.3) is 0 Å². The molecule has 0 spiro atoms. The van der Waals surface area contributed by atoms with Crippen molar-refractivity contribution < 1.29 is 9.53 Å². The maximum absolute atomic E-state index is 11.3. The van der Waals surface area contributed by atoms with Gasteiger partial charge >= 0.3 is 5.97 Å². The molecule has 1 fully saturated rings. The molecule has 1 saturated heterocycles. The van der Waals surface area contributed by atoms with Crippen molar-refractivity contribution in [3.05, 3.63) is 35.9 Å². The predicted octanol–water partition coefficient (Wildman–Crippen LogP) is 3.64. The molecule has 0 amide bonds. The third kappa shape index (κ3) is 4.41. The topological polar surface area (TPSA) is 29.5 Å². The molecule has 0 aliphatic carbocycles. The number of carbonyl (C=O) groups is 1. The maximum Gasteiger partial charge on any atom is 0.330 e. The Morgan fingerprint density at radius 3 is 2.40 bits per heavy atom. The van der Waals surface area contributed by atoms with Crippen LogP contribution in [0.25, 0.3) is 6.08 Å². The molecule has 1 aromatic rings. The summed E-state index contributed by atoms with van der Waals surface area (Å²) in [6, 6.07) is 8.37. The molecular weight excluding hydrogens is 250 g/mol.